The van der Waals surface area contributed by atoms with E-state index in [0.717, 1.165) is 27.6 Å². The molecule has 9 heteroatoms. The molecule has 1 aromatic heterocycles. The van der Waals surface area contributed by atoms with E-state index in [1.54, 1.807) is 14.0 Å². The van der Waals surface area contributed by atoms with Gasteiger partial charge in [-0.15, -0.1) is 4.72 Å². The molecule has 0 saturated carbocycles. The monoisotopic (exact) mass is 595 g/mol. The molecule has 0 spiro atoms. The van der Waals surface area contributed by atoms with Crippen LogP contribution >= 0.6 is 0 Å². The highest BCUT2D eigenvalue weighted by Crippen LogP contribution is 2.35. The van der Waals surface area contributed by atoms with Gasteiger partial charge < -0.3 is 23.2 Å². The third-order valence-corrected chi connectivity index (χ3v) is 8.19. The zero-order chi connectivity index (χ0) is 30.3. The van der Waals surface area contributed by atoms with Gasteiger partial charge in [-0.1, -0.05) is 36.4 Å². The van der Waals surface area contributed by atoms with Crippen LogP contribution in [0.1, 0.15) is 56.2 Å². The van der Waals surface area contributed by atoms with Crippen molar-refractivity contribution in [1.82, 2.24) is 4.72 Å². The molecule has 0 amide bonds. The average Bonchev–Trinajstić information content (AvgIpc) is 3.37. The summed E-state index contributed by atoms with van der Waals surface area (Å²) in [6.45, 7) is 7.47. The molecule has 2 atom stereocenters. The number of carbonyl (C=O) groups is 1. The van der Waals surface area contributed by atoms with Gasteiger partial charge in [-0.05, 0) is 74.7 Å². The maximum absolute atomic E-state index is 14.2. The van der Waals surface area contributed by atoms with Gasteiger partial charge in [0, 0.05) is 35.0 Å². The first-order valence-electron chi connectivity index (χ1n) is 13.9. The molecule has 2 unspecified atom stereocenters. The van der Waals surface area contributed by atoms with Crippen LogP contribution in [0.5, 0.6) is 5.75 Å². The number of alkyl halides is 1. The van der Waals surface area contributed by atoms with Crippen LogP contribution in [0.3, 0.4) is 0 Å². The van der Waals surface area contributed by atoms with Crippen LogP contribution in [0.25, 0.3) is 22.1 Å². The minimum absolute atomic E-state index is 0.118. The van der Waals surface area contributed by atoms with Crippen molar-refractivity contribution in [1.29, 1.82) is 0 Å². The number of rotatable bonds is 13. The van der Waals surface area contributed by atoms with Gasteiger partial charge in [0.15, 0.2) is 0 Å². The Morgan fingerprint density at radius 3 is 2.57 bits per heavy atom. The predicted molar refractivity (Wildman–Crippen MR) is 163 cm³/mol. The molecule has 0 fully saturated rings. The zero-order valence-electron chi connectivity index (χ0n) is 24.7. The van der Waals surface area contributed by atoms with Crippen LogP contribution in [0, 0.1) is 0 Å². The van der Waals surface area contributed by atoms with Gasteiger partial charge in [0.05, 0.1) is 13.0 Å². The summed E-state index contributed by atoms with van der Waals surface area (Å²) in [6.07, 6.45) is 0.118. The summed E-state index contributed by atoms with van der Waals surface area (Å²) in [5.74, 6) is 0.963. The fraction of sp³-hybridized carbons (Fsp3) is 0.364. The molecule has 1 heterocycles. The van der Waals surface area contributed by atoms with Crippen LogP contribution in [0.4, 0.5) is 4.39 Å². The van der Waals surface area contributed by atoms with Crippen molar-refractivity contribution in [2.24, 2.45) is 0 Å². The standard InChI is InChI=1S/C33H38FNO6S/c1-6-39-31(36)18-25-10-7-8-13-30(25)40-20-22-14-26-17-27(21-38-5)41-32(26)28(15-22)23-11-9-12-24(16-23)29(19-34)35-42(37)33(2,3)4/h7-17,29,35H,6,18-21H2,1-5H3. The normalized spacial score (nSPS) is 13.2. The second-order valence-electron chi connectivity index (χ2n) is 10.9. The topological polar surface area (TPSA) is 93.0 Å². The van der Waals surface area contributed by atoms with Crippen LogP contribution in [-0.2, 0) is 45.3 Å². The minimum Gasteiger partial charge on any atom is -0.598 e. The van der Waals surface area contributed by atoms with Crippen molar-refractivity contribution in [3.05, 3.63) is 89.2 Å². The van der Waals surface area contributed by atoms with E-state index in [1.807, 2.05) is 87.5 Å². The van der Waals surface area contributed by atoms with Crippen molar-refractivity contribution in [3.63, 3.8) is 0 Å². The smallest absolute Gasteiger partial charge is 0.310 e. The number of fused-ring (bicyclic) bond motifs is 1. The third kappa shape index (κ3) is 7.92. The fourth-order valence-corrected chi connectivity index (χ4v) is 5.33. The first-order valence-corrected chi connectivity index (χ1v) is 15.0. The number of para-hydroxylation sites is 1. The predicted octanol–water partition coefficient (Wildman–Crippen LogP) is 6.99. The van der Waals surface area contributed by atoms with Gasteiger partial charge in [-0.3, -0.25) is 4.79 Å². The molecule has 42 heavy (non-hydrogen) atoms. The van der Waals surface area contributed by atoms with Gasteiger partial charge in [0.1, 0.15) is 47.8 Å². The van der Waals surface area contributed by atoms with Gasteiger partial charge >= 0.3 is 5.97 Å². The highest BCUT2D eigenvalue weighted by molar-refractivity contribution is 7.90. The largest absolute Gasteiger partial charge is 0.598 e. The van der Waals surface area contributed by atoms with Gasteiger partial charge in [-0.25, -0.2) is 4.39 Å². The van der Waals surface area contributed by atoms with E-state index in [1.165, 1.54) is 0 Å². The van der Waals surface area contributed by atoms with Crippen molar-refractivity contribution < 1.29 is 32.4 Å². The van der Waals surface area contributed by atoms with E-state index in [-0.39, 0.29) is 19.0 Å². The summed E-state index contributed by atoms with van der Waals surface area (Å²) >= 11 is -1.44. The Bertz CT molecular complexity index is 1500. The quantitative estimate of drug-likeness (QED) is 0.132. The number of esters is 1. The summed E-state index contributed by atoms with van der Waals surface area (Å²) in [7, 11) is 1.61. The second-order valence-corrected chi connectivity index (χ2v) is 12.9. The Labute approximate surface area is 249 Å². The average molecular weight is 596 g/mol. The highest BCUT2D eigenvalue weighted by atomic mass is 32.2. The fourth-order valence-electron chi connectivity index (χ4n) is 4.52. The van der Waals surface area contributed by atoms with Crippen LogP contribution < -0.4 is 9.46 Å². The minimum atomic E-state index is -1.44. The number of hydrogen-bond acceptors (Lipinski definition) is 7. The molecular weight excluding hydrogens is 557 g/mol. The molecule has 0 saturated heterocycles. The van der Waals surface area contributed by atoms with Gasteiger partial charge in [0.25, 0.3) is 0 Å². The molecular formula is C33H38FNO6S. The van der Waals surface area contributed by atoms with Crippen molar-refractivity contribution in [2.45, 2.75) is 58.1 Å². The maximum Gasteiger partial charge on any atom is 0.310 e. The van der Waals surface area contributed by atoms with E-state index < -0.39 is 28.8 Å². The van der Waals surface area contributed by atoms with Crippen molar-refractivity contribution in [2.75, 3.05) is 20.4 Å². The lowest BCUT2D eigenvalue weighted by Gasteiger charge is -2.27. The zero-order valence-corrected chi connectivity index (χ0v) is 25.5. The summed E-state index contributed by atoms with van der Waals surface area (Å²) in [4.78, 5) is 12.1. The molecule has 0 aliphatic carbocycles. The lowest BCUT2D eigenvalue weighted by Crippen LogP contribution is -2.41. The Hall–Kier alpha value is -3.37. The first-order chi connectivity index (χ1) is 20.1. The SMILES string of the molecule is CCOC(=O)Cc1ccccc1OCc1cc(-c2cccc(C(CF)N[S+]([O-])C(C)(C)C)c2)c2oc(COC)cc2c1. The molecule has 0 bridgehead atoms. The number of nitrogens with one attached hydrogen (secondary N) is 1. The number of carbonyl (C=O) groups excluding carboxylic acids is 1. The van der Waals surface area contributed by atoms with Crippen LogP contribution in [-0.4, -0.2) is 35.7 Å². The number of ether oxygens (including phenoxy) is 3. The number of benzene rings is 3. The Kier molecular flexibility index (Phi) is 10.7. The summed E-state index contributed by atoms with van der Waals surface area (Å²) in [6, 6.07) is 20.1. The van der Waals surface area contributed by atoms with Gasteiger partial charge in [-0.2, -0.15) is 0 Å². The molecule has 1 N–H and O–H groups in total. The van der Waals surface area contributed by atoms with E-state index >= 15 is 0 Å². The third-order valence-electron chi connectivity index (χ3n) is 6.58. The lowest BCUT2D eigenvalue weighted by molar-refractivity contribution is -0.142. The molecule has 0 aliphatic heterocycles. The molecule has 4 rings (SSSR count). The lowest BCUT2D eigenvalue weighted by atomic mass is 9.97. The van der Waals surface area contributed by atoms with Gasteiger partial charge in [0.2, 0.25) is 0 Å². The molecule has 4 aromatic rings. The van der Waals surface area contributed by atoms with E-state index in [9.17, 15) is 13.7 Å². The maximum atomic E-state index is 14.2. The van der Waals surface area contributed by atoms with Crippen LogP contribution in [0.15, 0.2) is 71.1 Å². The number of furan rings is 1. The molecule has 0 aliphatic rings. The number of hydrogen-bond donors (Lipinski definition) is 1. The van der Waals surface area contributed by atoms with Crippen LogP contribution in [0.2, 0.25) is 0 Å². The Morgan fingerprint density at radius 2 is 1.86 bits per heavy atom. The summed E-state index contributed by atoms with van der Waals surface area (Å²) in [5.41, 5.74) is 4.61. The molecule has 224 valence electrons. The Balaban J connectivity index is 1.68. The van der Waals surface area contributed by atoms with Crippen molar-refractivity contribution in [3.8, 4) is 16.9 Å². The van der Waals surface area contributed by atoms with E-state index in [4.69, 9.17) is 18.6 Å². The molecule has 7 nitrogen and oxygen atoms in total. The second kappa shape index (κ2) is 14.2. The molecule has 0 radical (unpaired) electrons. The van der Waals surface area contributed by atoms with Crippen molar-refractivity contribution >= 4 is 28.3 Å². The van der Waals surface area contributed by atoms with E-state index in [2.05, 4.69) is 4.72 Å². The summed E-state index contributed by atoms with van der Waals surface area (Å²) in [5, 5.41) is 0.873. The number of halogens is 1. The highest BCUT2D eigenvalue weighted by Gasteiger charge is 2.30. The first kappa shape index (κ1) is 31.6. The summed E-state index contributed by atoms with van der Waals surface area (Å²) < 4.78 is 52.1. The molecule has 3 aromatic carbocycles. The Morgan fingerprint density at radius 1 is 1.07 bits per heavy atom. The number of methoxy groups -OCH3 is 1. The van der Waals surface area contributed by atoms with E-state index in [0.29, 0.717) is 35.9 Å².